The van der Waals surface area contributed by atoms with Crippen LogP contribution in [0.5, 0.6) is 0 Å². The van der Waals surface area contributed by atoms with Crippen LogP contribution in [0.3, 0.4) is 0 Å². The smallest absolute Gasteiger partial charge is 0.329 e. The summed E-state index contributed by atoms with van der Waals surface area (Å²) in [5.41, 5.74) is 2.28. The van der Waals surface area contributed by atoms with Gasteiger partial charge in [-0.2, -0.15) is 4.37 Å². The van der Waals surface area contributed by atoms with Crippen molar-refractivity contribution < 1.29 is 27.9 Å². The van der Waals surface area contributed by atoms with E-state index in [2.05, 4.69) is 15.0 Å². The van der Waals surface area contributed by atoms with Gasteiger partial charge in [0, 0.05) is 24.6 Å². The molecule has 3 N–H and O–H groups in total. The van der Waals surface area contributed by atoms with Crippen LogP contribution in [0, 0.1) is 0 Å². The number of sulfone groups is 1. The Labute approximate surface area is 257 Å². The van der Waals surface area contributed by atoms with Gasteiger partial charge in [0.2, 0.25) is 0 Å². The van der Waals surface area contributed by atoms with Crippen molar-refractivity contribution in [2.45, 2.75) is 50.5 Å². The molecule has 0 aliphatic rings. The summed E-state index contributed by atoms with van der Waals surface area (Å²) in [4.78, 5) is 26.5. The Morgan fingerprint density at radius 3 is 2.38 bits per heavy atom. The number of aliphatic hydroxyl groups is 1. The van der Waals surface area contributed by atoms with Crippen LogP contribution in [0.1, 0.15) is 40.9 Å². The average molecular weight is 651 g/mol. The molecule has 13 heteroatoms. The van der Waals surface area contributed by atoms with E-state index in [0.717, 1.165) is 28.9 Å². The summed E-state index contributed by atoms with van der Waals surface area (Å²) in [6.45, 7) is 3.79. The SMILES string of the molecule is CC(C)OC(=O)C(Cc1cccc(S(C)(=O)=O)c1)NC(=O)c1c(Cl)cc2c(NCc3ccc(CO)cc3)nsc2c1Cl. The number of carbonyl (C=O) groups is 2. The molecule has 0 bridgehead atoms. The molecule has 4 rings (SSSR count). The number of halogens is 2. The number of aromatic nitrogens is 1. The fraction of sp³-hybridized carbons (Fsp3) is 0.276. The number of amides is 1. The van der Waals surface area contributed by atoms with E-state index in [1.807, 2.05) is 24.3 Å². The van der Waals surface area contributed by atoms with Gasteiger partial charge in [-0.05, 0) is 60.3 Å². The highest BCUT2D eigenvalue weighted by molar-refractivity contribution is 7.90. The Morgan fingerprint density at radius 1 is 1.05 bits per heavy atom. The fourth-order valence-corrected chi connectivity index (χ4v) is 6.37. The zero-order valence-corrected chi connectivity index (χ0v) is 26.1. The first-order valence-corrected chi connectivity index (χ1v) is 16.3. The predicted octanol–water partition coefficient (Wildman–Crippen LogP) is 5.40. The molecule has 0 fully saturated rings. The number of hydrogen-bond donors (Lipinski definition) is 3. The Morgan fingerprint density at radius 2 is 1.74 bits per heavy atom. The minimum absolute atomic E-state index is 0.0205. The summed E-state index contributed by atoms with van der Waals surface area (Å²) in [5.74, 6) is -0.836. The van der Waals surface area contributed by atoms with Gasteiger partial charge in [-0.15, -0.1) is 0 Å². The average Bonchev–Trinajstić information content (AvgIpc) is 3.34. The van der Waals surface area contributed by atoms with Crippen LogP contribution in [-0.4, -0.2) is 48.2 Å². The topological polar surface area (TPSA) is 135 Å². The van der Waals surface area contributed by atoms with E-state index >= 15 is 0 Å². The van der Waals surface area contributed by atoms with Crippen molar-refractivity contribution in [3.63, 3.8) is 0 Å². The highest BCUT2D eigenvalue weighted by Gasteiger charge is 2.28. The number of nitrogens with one attached hydrogen (secondary N) is 2. The summed E-state index contributed by atoms with van der Waals surface area (Å²) in [6, 6.07) is 14.1. The number of ether oxygens (including phenoxy) is 1. The number of hydrogen-bond acceptors (Lipinski definition) is 9. The lowest BCUT2D eigenvalue weighted by molar-refractivity contribution is -0.149. The molecule has 42 heavy (non-hydrogen) atoms. The maximum absolute atomic E-state index is 13.5. The lowest BCUT2D eigenvalue weighted by atomic mass is 10.0. The zero-order chi connectivity index (χ0) is 30.6. The van der Waals surface area contributed by atoms with Gasteiger partial charge >= 0.3 is 5.97 Å². The first-order valence-electron chi connectivity index (χ1n) is 12.9. The van der Waals surface area contributed by atoms with Crippen molar-refractivity contribution >= 4 is 72.4 Å². The molecule has 0 spiro atoms. The lowest BCUT2D eigenvalue weighted by Crippen LogP contribution is -2.44. The molecule has 0 saturated carbocycles. The molecule has 1 aromatic heterocycles. The molecule has 1 amide bonds. The van der Waals surface area contributed by atoms with Crippen molar-refractivity contribution in [1.82, 2.24) is 9.69 Å². The number of benzene rings is 3. The Bertz CT molecular complexity index is 1720. The second-order valence-electron chi connectivity index (χ2n) is 9.92. The Kier molecular flexibility index (Phi) is 10.1. The molecule has 0 saturated heterocycles. The summed E-state index contributed by atoms with van der Waals surface area (Å²) < 4.78 is 34.4. The number of rotatable bonds is 11. The highest BCUT2D eigenvalue weighted by atomic mass is 35.5. The van der Waals surface area contributed by atoms with Gasteiger partial charge < -0.3 is 20.5 Å². The van der Waals surface area contributed by atoms with E-state index < -0.39 is 33.9 Å². The predicted molar refractivity (Wildman–Crippen MR) is 165 cm³/mol. The van der Waals surface area contributed by atoms with E-state index in [1.54, 1.807) is 32.0 Å². The van der Waals surface area contributed by atoms with Crippen molar-refractivity contribution in [2.75, 3.05) is 11.6 Å². The minimum Gasteiger partial charge on any atom is -0.461 e. The second-order valence-corrected chi connectivity index (χ2v) is 13.5. The van der Waals surface area contributed by atoms with Gasteiger partial charge in [-0.25, -0.2) is 13.2 Å². The molecule has 3 aromatic carbocycles. The van der Waals surface area contributed by atoms with Crippen LogP contribution in [-0.2, 0) is 38.9 Å². The monoisotopic (exact) mass is 649 g/mol. The van der Waals surface area contributed by atoms with Crippen molar-refractivity contribution in [3.05, 3.63) is 86.9 Å². The fourth-order valence-electron chi connectivity index (χ4n) is 4.17. The van der Waals surface area contributed by atoms with Crippen molar-refractivity contribution in [3.8, 4) is 0 Å². The van der Waals surface area contributed by atoms with Crippen LogP contribution in [0.15, 0.2) is 59.5 Å². The van der Waals surface area contributed by atoms with E-state index in [1.165, 1.54) is 12.1 Å². The van der Waals surface area contributed by atoms with Crippen LogP contribution in [0.4, 0.5) is 5.82 Å². The summed E-state index contributed by atoms with van der Waals surface area (Å²) >= 11 is 14.3. The lowest BCUT2D eigenvalue weighted by Gasteiger charge is -2.20. The van der Waals surface area contributed by atoms with Crippen molar-refractivity contribution in [1.29, 1.82) is 0 Å². The van der Waals surface area contributed by atoms with Gasteiger partial charge in [0.15, 0.2) is 9.84 Å². The minimum atomic E-state index is -3.48. The third-order valence-corrected chi connectivity index (χ3v) is 9.04. The van der Waals surface area contributed by atoms with Crippen molar-refractivity contribution in [2.24, 2.45) is 0 Å². The molecule has 0 aliphatic carbocycles. The van der Waals surface area contributed by atoms with Gasteiger partial charge in [0.1, 0.15) is 11.9 Å². The molecule has 1 heterocycles. The molecular weight excluding hydrogens is 621 g/mol. The second kappa shape index (κ2) is 13.4. The van der Waals surface area contributed by atoms with E-state index in [4.69, 9.17) is 27.9 Å². The molecule has 4 aromatic rings. The number of nitrogens with zero attached hydrogens (tertiary/aromatic N) is 1. The molecule has 0 radical (unpaired) electrons. The Hall–Kier alpha value is -3.22. The van der Waals surface area contributed by atoms with E-state index in [-0.39, 0.29) is 33.5 Å². The number of aliphatic hydroxyl groups excluding tert-OH is 1. The molecule has 222 valence electrons. The zero-order valence-electron chi connectivity index (χ0n) is 23.0. The highest BCUT2D eigenvalue weighted by Crippen LogP contribution is 2.39. The normalized spacial score (nSPS) is 12.4. The third kappa shape index (κ3) is 7.59. The van der Waals surface area contributed by atoms with Crippen LogP contribution in [0.25, 0.3) is 10.1 Å². The first kappa shape index (κ1) is 31.7. The largest absolute Gasteiger partial charge is 0.461 e. The van der Waals surface area contributed by atoms with E-state index in [0.29, 0.717) is 28.0 Å². The Balaban J connectivity index is 1.58. The van der Waals surface area contributed by atoms with Gasteiger partial charge in [0.05, 0.1) is 37.9 Å². The number of esters is 1. The maximum atomic E-state index is 13.5. The first-order chi connectivity index (χ1) is 19.9. The number of carbonyl (C=O) groups excluding carboxylic acids is 2. The molecule has 1 atom stereocenters. The molecule has 1 unspecified atom stereocenters. The maximum Gasteiger partial charge on any atom is 0.329 e. The third-order valence-electron chi connectivity index (χ3n) is 6.26. The van der Waals surface area contributed by atoms with Gasteiger partial charge in [-0.3, -0.25) is 4.79 Å². The summed E-state index contributed by atoms with van der Waals surface area (Å²) in [6.07, 6.45) is 0.624. The molecule has 0 aliphatic heterocycles. The number of anilines is 1. The summed E-state index contributed by atoms with van der Waals surface area (Å²) in [7, 11) is -3.48. The van der Waals surface area contributed by atoms with E-state index in [9.17, 15) is 23.1 Å². The standard InChI is InChI=1S/C29H29Cl2N3O6S2/c1-16(2)40-29(37)23(12-19-5-4-6-20(11-19)42(3,38)39)33-28(36)24-22(30)13-21-26(25(24)31)41-34-27(21)32-14-17-7-9-18(15-35)10-8-17/h4-11,13,16,23,35H,12,14-15H2,1-3H3,(H,32,34)(H,33,36). The van der Waals surface area contributed by atoms with Gasteiger partial charge in [0.25, 0.3) is 5.91 Å². The van der Waals surface area contributed by atoms with Crippen LogP contribution in [0.2, 0.25) is 10.0 Å². The summed E-state index contributed by atoms with van der Waals surface area (Å²) in [5, 5.41) is 15.9. The van der Waals surface area contributed by atoms with Crippen LogP contribution < -0.4 is 10.6 Å². The quantitative estimate of drug-likeness (QED) is 0.184. The van der Waals surface area contributed by atoms with Crippen LogP contribution >= 0.6 is 34.7 Å². The molecular formula is C29H29Cl2N3O6S2. The number of fused-ring (bicyclic) bond motifs is 1. The molecule has 9 nitrogen and oxygen atoms in total. The van der Waals surface area contributed by atoms with Gasteiger partial charge in [-0.1, -0.05) is 59.6 Å².